The Hall–Kier alpha value is -0.780. The van der Waals surface area contributed by atoms with Crippen molar-refractivity contribution in [3.63, 3.8) is 0 Å². The van der Waals surface area contributed by atoms with E-state index in [2.05, 4.69) is 21.2 Å². The van der Waals surface area contributed by atoms with Crippen LogP contribution in [0.1, 0.15) is 36.2 Å². The van der Waals surface area contributed by atoms with Crippen LogP contribution in [0.15, 0.2) is 12.1 Å². The second kappa shape index (κ2) is 7.47. The smallest absolute Gasteiger partial charge is 0.252 e. The first-order chi connectivity index (χ1) is 9.78. The summed E-state index contributed by atoms with van der Waals surface area (Å²) in [5, 5.41) is 3.50. The zero-order valence-corrected chi connectivity index (χ0v) is 14.9. The van der Waals surface area contributed by atoms with E-state index in [1.54, 1.807) is 13.0 Å². The molecule has 0 saturated carbocycles. The summed E-state index contributed by atoms with van der Waals surface area (Å²) < 4.78 is 0. The molecule has 0 aliphatic carbocycles. The molecular formula is C14H17BrCl2N2O2. The molecule has 0 aromatic heterocycles. The van der Waals surface area contributed by atoms with Gasteiger partial charge in [0, 0.05) is 10.9 Å². The molecule has 1 unspecified atom stereocenters. The van der Waals surface area contributed by atoms with Crippen LogP contribution >= 0.6 is 39.1 Å². The molecular weight excluding hydrogens is 379 g/mol. The molecule has 1 rings (SSSR count). The maximum atomic E-state index is 12.4. The van der Waals surface area contributed by atoms with E-state index in [9.17, 15) is 9.59 Å². The third-order valence-electron chi connectivity index (χ3n) is 3.45. The van der Waals surface area contributed by atoms with Gasteiger partial charge in [0.15, 0.2) is 5.78 Å². The molecule has 4 nitrogen and oxygen atoms in total. The number of halogens is 3. The number of hydrogen-bond acceptors (Lipinski definition) is 3. The molecule has 0 bridgehead atoms. The Morgan fingerprint density at radius 2 is 2.05 bits per heavy atom. The molecule has 0 aliphatic rings. The van der Waals surface area contributed by atoms with Crippen molar-refractivity contribution in [2.75, 3.05) is 11.6 Å². The minimum atomic E-state index is -0.999. The summed E-state index contributed by atoms with van der Waals surface area (Å²) in [6, 6.07) is 3.13. The summed E-state index contributed by atoms with van der Waals surface area (Å²) in [7, 11) is 0. The van der Waals surface area contributed by atoms with Gasteiger partial charge in [-0.25, -0.2) is 0 Å². The first kappa shape index (κ1) is 18.3. The van der Waals surface area contributed by atoms with Gasteiger partial charge >= 0.3 is 0 Å². The minimum Gasteiger partial charge on any atom is -0.397 e. The molecule has 0 aliphatic heterocycles. The van der Waals surface area contributed by atoms with Gasteiger partial charge in [-0.05, 0) is 31.0 Å². The highest BCUT2D eigenvalue weighted by molar-refractivity contribution is 9.08. The van der Waals surface area contributed by atoms with Crippen molar-refractivity contribution in [3.8, 4) is 0 Å². The van der Waals surface area contributed by atoms with Crippen LogP contribution in [-0.2, 0) is 10.1 Å². The zero-order valence-electron chi connectivity index (χ0n) is 11.8. The largest absolute Gasteiger partial charge is 0.397 e. The summed E-state index contributed by atoms with van der Waals surface area (Å²) in [5.41, 5.74) is 6.32. The van der Waals surface area contributed by atoms with Crippen molar-refractivity contribution in [1.82, 2.24) is 5.32 Å². The van der Waals surface area contributed by atoms with E-state index < -0.39 is 5.54 Å². The van der Waals surface area contributed by atoms with Crippen molar-refractivity contribution < 1.29 is 9.59 Å². The van der Waals surface area contributed by atoms with Crippen LogP contribution in [0, 0.1) is 0 Å². The fraction of sp³-hybridized carbons (Fsp3) is 0.429. The Bertz CT molecular complexity index is 566. The maximum Gasteiger partial charge on any atom is 0.252 e. The Morgan fingerprint density at radius 1 is 1.43 bits per heavy atom. The number of ketones is 1. The first-order valence-electron chi connectivity index (χ1n) is 6.34. The lowest BCUT2D eigenvalue weighted by Crippen LogP contribution is -2.52. The standard InChI is InChI=1S/C14H17BrCl2N2O2/c1-3-14(2,11(20)7-16)19-13(21)8-4-9(6-15)12(18)10(17)5-8/h4-5H,3,6-7,18H2,1-2H3,(H,19,21). The highest BCUT2D eigenvalue weighted by Crippen LogP contribution is 2.27. The number of carbonyl (C=O) groups is 2. The van der Waals surface area contributed by atoms with Crippen molar-refractivity contribution in [2.45, 2.75) is 31.1 Å². The number of amides is 1. The molecule has 116 valence electrons. The first-order valence-corrected chi connectivity index (χ1v) is 8.38. The van der Waals surface area contributed by atoms with Crippen molar-refractivity contribution in [2.24, 2.45) is 0 Å². The number of Topliss-reactive ketones (excluding diaryl/α,β-unsaturated/α-hetero) is 1. The number of nitrogens with one attached hydrogen (secondary N) is 1. The maximum absolute atomic E-state index is 12.4. The summed E-state index contributed by atoms with van der Waals surface area (Å²) in [6.07, 6.45) is 0.443. The Balaban J connectivity index is 3.09. The monoisotopic (exact) mass is 394 g/mol. The highest BCUT2D eigenvalue weighted by Gasteiger charge is 2.32. The van der Waals surface area contributed by atoms with Gasteiger partial charge in [0.25, 0.3) is 5.91 Å². The molecule has 0 radical (unpaired) electrons. The number of benzene rings is 1. The van der Waals surface area contributed by atoms with E-state index >= 15 is 0 Å². The van der Waals surface area contributed by atoms with Crippen LogP contribution in [0.25, 0.3) is 0 Å². The van der Waals surface area contributed by atoms with Crippen LogP contribution in [0.5, 0.6) is 0 Å². The van der Waals surface area contributed by atoms with E-state index in [1.807, 2.05) is 6.92 Å². The van der Waals surface area contributed by atoms with Crippen molar-refractivity contribution >= 4 is 56.5 Å². The lowest BCUT2D eigenvalue weighted by atomic mass is 9.93. The molecule has 0 heterocycles. The van der Waals surface area contributed by atoms with Gasteiger partial charge in [0.05, 0.1) is 22.1 Å². The number of rotatable bonds is 6. The molecule has 3 N–H and O–H groups in total. The number of carbonyl (C=O) groups excluding carboxylic acids is 2. The van der Waals surface area contributed by atoms with E-state index in [1.165, 1.54) is 6.07 Å². The van der Waals surface area contributed by atoms with Crippen LogP contribution < -0.4 is 11.1 Å². The molecule has 1 amide bonds. The summed E-state index contributed by atoms with van der Waals surface area (Å²) in [4.78, 5) is 24.2. The van der Waals surface area contributed by atoms with E-state index in [-0.39, 0.29) is 17.6 Å². The molecule has 1 aromatic rings. The van der Waals surface area contributed by atoms with Crippen molar-refractivity contribution in [3.05, 3.63) is 28.3 Å². The average molecular weight is 396 g/mol. The number of nitrogens with two attached hydrogens (primary N) is 1. The quantitative estimate of drug-likeness (QED) is 0.571. The molecule has 1 atom stereocenters. The Morgan fingerprint density at radius 3 is 2.52 bits per heavy atom. The second-order valence-electron chi connectivity index (χ2n) is 4.86. The predicted molar refractivity (Wildman–Crippen MR) is 90.4 cm³/mol. The average Bonchev–Trinajstić information content (AvgIpc) is 2.48. The molecule has 0 saturated heterocycles. The summed E-state index contributed by atoms with van der Waals surface area (Å²) >= 11 is 14.9. The second-order valence-corrected chi connectivity index (χ2v) is 6.10. The summed E-state index contributed by atoms with van der Waals surface area (Å²) in [6.45, 7) is 3.46. The molecule has 21 heavy (non-hydrogen) atoms. The van der Waals surface area contributed by atoms with Gasteiger partial charge in [-0.2, -0.15) is 0 Å². The normalized spacial score (nSPS) is 13.6. The minimum absolute atomic E-state index is 0.153. The van der Waals surface area contributed by atoms with Crippen molar-refractivity contribution in [1.29, 1.82) is 0 Å². The van der Waals surface area contributed by atoms with Crippen LogP contribution in [0.4, 0.5) is 5.69 Å². The van der Waals surface area contributed by atoms with E-state index in [4.69, 9.17) is 28.9 Å². The number of hydrogen-bond donors (Lipinski definition) is 2. The Kier molecular flexibility index (Phi) is 6.50. The molecule has 1 aromatic carbocycles. The predicted octanol–water partition coefficient (Wildman–Crippen LogP) is 3.52. The number of nitrogen functional groups attached to an aromatic ring is 1. The topological polar surface area (TPSA) is 72.2 Å². The van der Waals surface area contributed by atoms with Gasteiger partial charge in [-0.1, -0.05) is 34.5 Å². The molecule has 0 spiro atoms. The SMILES string of the molecule is CCC(C)(NC(=O)c1cc(Cl)c(N)c(CBr)c1)C(=O)CCl. The van der Waals surface area contributed by atoms with Gasteiger partial charge in [-0.3, -0.25) is 9.59 Å². The third-order valence-corrected chi connectivity index (χ3v) is 4.61. The Labute approximate surface area is 142 Å². The number of alkyl halides is 2. The van der Waals surface area contributed by atoms with Gasteiger partial charge < -0.3 is 11.1 Å². The zero-order chi connectivity index (χ0) is 16.2. The molecule has 0 fully saturated rings. The van der Waals surface area contributed by atoms with E-state index in [0.29, 0.717) is 28.0 Å². The lowest BCUT2D eigenvalue weighted by Gasteiger charge is -2.27. The van der Waals surface area contributed by atoms with Gasteiger partial charge in [0.1, 0.15) is 0 Å². The van der Waals surface area contributed by atoms with Crippen LogP contribution in [0.2, 0.25) is 5.02 Å². The van der Waals surface area contributed by atoms with Crippen LogP contribution in [-0.4, -0.2) is 23.1 Å². The van der Waals surface area contributed by atoms with Crippen LogP contribution in [0.3, 0.4) is 0 Å². The molecule has 7 heteroatoms. The van der Waals surface area contributed by atoms with E-state index in [0.717, 1.165) is 5.56 Å². The fourth-order valence-electron chi connectivity index (χ4n) is 1.74. The van der Waals surface area contributed by atoms with Gasteiger partial charge in [-0.15, -0.1) is 11.6 Å². The fourth-order valence-corrected chi connectivity index (χ4v) is 2.74. The highest BCUT2D eigenvalue weighted by atomic mass is 79.9. The lowest BCUT2D eigenvalue weighted by molar-refractivity contribution is -0.122. The summed E-state index contributed by atoms with van der Waals surface area (Å²) in [5.74, 6) is -0.774. The number of anilines is 1. The van der Waals surface area contributed by atoms with Gasteiger partial charge in [0.2, 0.25) is 0 Å². The third kappa shape index (κ3) is 4.11.